The van der Waals surface area contributed by atoms with Crippen LogP contribution in [0.25, 0.3) is 0 Å². The average Bonchev–Trinajstić information content (AvgIpc) is 3.49. The minimum atomic E-state index is -4.76. The normalized spacial score (nSPS) is 14.9. The van der Waals surface area contributed by atoms with Gasteiger partial charge in [-0.2, -0.15) is 17.5 Å². The second-order valence-electron chi connectivity index (χ2n) is 6.60. The molecule has 0 atom stereocenters. The van der Waals surface area contributed by atoms with Crippen molar-refractivity contribution in [1.82, 2.24) is 4.31 Å². The zero-order chi connectivity index (χ0) is 21.4. The van der Waals surface area contributed by atoms with Crippen LogP contribution in [0.1, 0.15) is 24.0 Å². The number of hydrogen-bond donors (Lipinski definition) is 0. The quantitative estimate of drug-likeness (QED) is 0.613. The van der Waals surface area contributed by atoms with E-state index in [2.05, 4.69) is 0 Å². The zero-order valence-corrected chi connectivity index (χ0v) is 17.2. The first kappa shape index (κ1) is 21.7. The van der Waals surface area contributed by atoms with Crippen LogP contribution in [0.4, 0.5) is 13.2 Å². The van der Waals surface area contributed by atoms with Gasteiger partial charge in [0.1, 0.15) is 11.5 Å². The Bertz CT molecular complexity index is 1010. The SMILES string of the molecule is COc1ccc(OC)c(CN(C2CC2)S(=O)(=O)c2ccc(Cl)c(C(F)(F)F)c2)c1. The highest BCUT2D eigenvalue weighted by atomic mass is 35.5. The maximum atomic E-state index is 13.2. The largest absolute Gasteiger partial charge is 0.497 e. The van der Waals surface area contributed by atoms with Gasteiger partial charge in [0.15, 0.2) is 0 Å². The van der Waals surface area contributed by atoms with E-state index < -0.39 is 31.7 Å². The summed E-state index contributed by atoms with van der Waals surface area (Å²) in [5.41, 5.74) is -0.637. The van der Waals surface area contributed by atoms with Gasteiger partial charge in [-0.15, -0.1) is 0 Å². The predicted molar refractivity (Wildman–Crippen MR) is 102 cm³/mol. The number of sulfonamides is 1. The molecule has 0 saturated heterocycles. The number of alkyl halides is 3. The summed E-state index contributed by atoms with van der Waals surface area (Å²) < 4.78 is 77.7. The number of nitrogens with zero attached hydrogens (tertiary/aromatic N) is 1. The van der Waals surface area contributed by atoms with Crippen molar-refractivity contribution in [2.24, 2.45) is 0 Å². The van der Waals surface area contributed by atoms with Gasteiger partial charge in [-0.3, -0.25) is 0 Å². The van der Waals surface area contributed by atoms with Crippen molar-refractivity contribution in [3.8, 4) is 11.5 Å². The van der Waals surface area contributed by atoms with E-state index in [-0.39, 0.29) is 12.6 Å². The van der Waals surface area contributed by atoms with Gasteiger partial charge in [0.2, 0.25) is 10.0 Å². The lowest BCUT2D eigenvalue weighted by molar-refractivity contribution is -0.137. The van der Waals surface area contributed by atoms with Crippen molar-refractivity contribution in [3.05, 3.63) is 52.5 Å². The number of ether oxygens (including phenoxy) is 2. The molecule has 3 rings (SSSR count). The number of methoxy groups -OCH3 is 2. The summed E-state index contributed by atoms with van der Waals surface area (Å²) in [7, 11) is -1.27. The highest BCUT2D eigenvalue weighted by Crippen LogP contribution is 2.39. The van der Waals surface area contributed by atoms with E-state index in [1.54, 1.807) is 18.2 Å². The van der Waals surface area contributed by atoms with Gasteiger partial charge in [0.05, 0.1) is 29.7 Å². The number of benzene rings is 2. The van der Waals surface area contributed by atoms with E-state index in [1.807, 2.05) is 0 Å². The molecule has 2 aromatic carbocycles. The first-order valence-corrected chi connectivity index (χ1v) is 10.5. The van der Waals surface area contributed by atoms with Crippen LogP contribution < -0.4 is 9.47 Å². The van der Waals surface area contributed by atoms with E-state index in [0.717, 1.165) is 12.1 Å². The molecule has 29 heavy (non-hydrogen) atoms. The van der Waals surface area contributed by atoms with Gasteiger partial charge < -0.3 is 9.47 Å². The molecule has 5 nitrogen and oxygen atoms in total. The van der Waals surface area contributed by atoms with Crippen LogP contribution in [0, 0.1) is 0 Å². The molecular weight excluding hydrogens is 431 g/mol. The third-order valence-electron chi connectivity index (χ3n) is 4.62. The summed E-state index contributed by atoms with van der Waals surface area (Å²) >= 11 is 5.63. The molecule has 10 heteroatoms. The third-order valence-corrected chi connectivity index (χ3v) is 6.84. The van der Waals surface area contributed by atoms with Crippen molar-refractivity contribution < 1.29 is 31.1 Å². The van der Waals surface area contributed by atoms with Crippen molar-refractivity contribution in [1.29, 1.82) is 0 Å². The smallest absolute Gasteiger partial charge is 0.417 e. The first-order chi connectivity index (χ1) is 13.6. The molecule has 0 amide bonds. The van der Waals surface area contributed by atoms with Gasteiger partial charge in [-0.05, 0) is 49.2 Å². The first-order valence-electron chi connectivity index (χ1n) is 8.67. The second kappa shape index (κ2) is 8.04. The van der Waals surface area contributed by atoms with Crippen molar-refractivity contribution in [2.75, 3.05) is 14.2 Å². The average molecular weight is 450 g/mol. The van der Waals surface area contributed by atoms with Crippen LogP contribution in [0.15, 0.2) is 41.3 Å². The zero-order valence-electron chi connectivity index (χ0n) is 15.7. The summed E-state index contributed by atoms with van der Waals surface area (Å²) in [6, 6.07) is 7.30. The van der Waals surface area contributed by atoms with E-state index in [0.29, 0.717) is 36.0 Å². The molecule has 0 unspecified atom stereocenters. The Morgan fingerprint density at radius 3 is 2.34 bits per heavy atom. The van der Waals surface area contributed by atoms with Gasteiger partial charge in [0.25, 0.3) is 0 Å². The highest BCUT2D eigenvalue weighted by molar-refractivity contribution is 7.89. The van der Waals surface area contributed by atoms with Crippen LogP contribution in [0.5, 0.6) is 11.5 Å². The Kier molecular flexibility index (Phi) is 6.03. The van der Waals surface area contributed by atoms with Gasteiger partial charge in [-0.1, -0.05) is 11.6 Å². The van der Waals surface area contributed by atoms with Gasteiger partial charge >= 0.3 is 6.18 Å². The van der Waals surface area contributed by atoms with Crippen LogP contribution >= 0.6 is 11.6 Å². The topological polar surface area (TPSA) is 55.8 Å². The minimum Gasteiger partial charge on any atom is -0.497 e. The summed E-state index contributed by atoms with van der Waals surface area (Å²) in [5.74, 6) is 0.971. The summed E-state index contributed by atoms with van der Waals surface area (Å²) in [5, 5.41) is -0.552. The van der Waals surface area contributed by atoms with Crippen molar-refractivity contribution in [3.63, 3.8) is 0 Å². The van der Waals surface area contributed by atoms with Crippen LogP contribution in [-0.4, -0.2) is 33.0 Å². The minimum absolute atomic E-state index is 0.0582. The number of rotatable bonds is 7. The molecular formula is C19H19ClF3NO4S. The van der Waals surface area contributed by atoms with Crippen LogP contribution in [-0.2, 0) is 22.7 Å². The maximum Gasteiger partial charge on any atom is 0.417 e. The van der Waals surface area contributed by atoms with E-state index >= 15 is 0 Å². The summed E-state index contributed by atoms with van der Waals surface area (Å²) in [4.78, 5) is -0.456. The number of hydrogen-bond acceptors (Lipinski definition) is 4. The Hall–Kier alpha value is -1.97. The molecule has 0 bridgehead atoms. The summed E-state index contributed by atoms with van der Waals surface area (Å²) in [6.07, 6.45) is -3.50. The molecule has 1 fully saturated rings. The second-order valence-corrected chi connectivity index (χ2v) is 8.90. The highest BCUT2D eigenvalue weighted by Gasteiger charge is 2.40. The van der Waals surface area contributed by atoms with Crippen LogP contribution in [0.3, 0.4) is 0 Å². The number of halogens is 4. The Morgan fingerprint density at radius 1 is 1.10 bits per heavy atom. The molecule has 1 aliphatic carbocycles. The molecule has 0 heterocycles. The van der Waals surface area contributed by atoms with E-state index in [4.69, 9.17) is 21.1 Å². The molecule has 0 radical (unpaired) electrons. The van der Waals surface area contributed by atoms with Crippen molar-refractivity contribution in [2.45, 2.75) is 36.5 Å². The Morgan fingerprint density at radius 2 is 1.79 bits per heavy atom. The lowest BCUT2D eigenvalue weighted by Crippen LogP contribution is -2.33. The molecule has 1 saturated carbocycles. The van der Waals surface area contributed by atoms with E-state index in [9.17, 15) is 21.6 Å². The fraction of sp³-hybridized carbons (Fsp3) is 0.368. The molecule has 0 N–H and O–H groups in total. The molecule has 0 spiro atoms. The van der Waals surface area contributed by atoms with Gasteiger partial charge in [0, 0.05) is 18.2 Å². The molecule has 0 aromatic heterocycles. The lowest BCUT2D eigenvalue weighted by atomic mass is 10.2. The fourth-order valence-corrected chi connectivity index (χ4v) is 4.88. The molecule has 2 aromatic rings. The standard InChI is InChI=1S/C19H19ClF3NO4S/c1-27-14-5-8-18(28-2)12(9-14)11-24(13-3-4-13)29(25,26)15-6-7-17(20)16(10-15)19(21,22)23/h5-10,13H,3-4,11H2,1-2H3. The molecule has 1 aliphatic rings. The Balaban J connectivity index is 2.02. The maximum absolute atomic E-state index is 13.2. The fourth-order valence-electron chi connectivity index (χ4n) is 2.96. The Labute approximate surface area is 172 Å². The van der Waals surface area contributed by atoms with Gasteiger partial charge in [-0.25, -0.2) is 8.42 Å². The van der Waals surface area contributed by atoms with E-state index in [1.165, 1.54) is 18.5 Å². The monoisotopic (exact) mass is 449 g/mol. The molecule has 0 aliphatic heterocycles. The predicted octanol–water partition coefficient (Wildman–Crippen LogP) is 4.73. The lowest BCUT2D eigenvalue weighted by Gasteiger charge is -2.24. The molecule has 158 valence electrons. The third kappa shape index (κ3) is 4.62. The van der Waals surface area contributed by atoms with Crippen LogP contribution in [0.2, 0.25) is 5.02 Å². The summed E-state index contributed by atoms with van der Waals surface area (Å²) in [6.45, 7) is -0.0582. The van der Waals surface area contributed by atoms with Crippen molar-refractivity contribution >= 4 is 21.6 Å².